The largest absolute Gasteiger partial charge is 0.393 e. The number of ether oxygens (including phenoxy) is 2. The minimum atomic E-state index is -0.475. The summed E-state index contributed by atoms with van der Waals surface area (Å²) in [5.74, 6) is 0.247. The maximum atomic E-state index is 9.77. The molecule has 4 unspecified atom stereocenters. The summed E-state index contributed by atoms with van der Waals surface area (Å²) in [5, 5.41) is 19.4. The van der Waals surface area contributed by atoms with Crippen LogP contribution in [0.4, 0.5) is 0 Å². The highest BCUT2D eigenvalue weighted by Gasteiger charge is 2.27. The van der Waals surface area contributed by atoms with E-state index in [2.05, 4.69) is 0 Å². The van der Waals surface area contributed by atoms with Gasteiger partial charge in [-0.2, -0.15) is 0 Å². The van der Waals surface area contributed by atoms with Crippen LogP contribution < -0.4 is 0 Å². The van der Waals surface area contributed by atoms with Crippen LogP contribution in [0.15, 0.2) is 0 Å². The van der Waals surface area contributed by atoms with Crippen LogP contribution in [0.2, 0.25) is 0 Å². The van der Waals surface area contributed by atoms with Crippen molar-refractivity contribution in [1.82, 2.24) is 0 Å². The van der Waals surface area contributed by atoms with E-state index < -0.39 is 6.10 Å². The molecule has 4 heteroatoms. The third-order valence-corrected chi connectivity index (χ3v) is 3.17. The first-order valence-electron chi connectivity index (χ1n) is 6.10. The second kappa shape index (κ2) is 7.22. The molecule has 0 aromatic heterocycles. The SMILES string of the molecule is COCC(C)OCC(O)CC1CCCC1O. The number of rotatable bonds is 7. The van der Waals surface area contributed by atoms with Gasteiger partial charge in [0.2, 0.25) is 0 Å². The van der Waals surface area contributed by atoms with E-state index in [1.807, 2.05) is 6.92 Å². The maximum absolute atomic E-state index is 9.77. The Morgan fingerprint density at radius 1 is 1.31 bits per heavy atom. The van der Waals surface area contributed by atoms with Crippen LogP contribution in [0.3, 0.4) is 0 Å². The van der Waals surface area contributed by atoms with Crippen molar-refractivity contribution in [1.29, 1.82) is 0 Å². The molecule has 4 nitrogen and oxygen atoms in total. The van der Waals surface area contributed by atoms with Gasteiger partial charge in [-0.15, -0.1) is 0 Å². The molecule has 0 heterocycles. The lowest BCUT2D eigenvalue weighted by Gasteiger charge is -2.20. The van der Waals surface area contributed by atoms with Crippen LogP contribution in [0.5, 0.6) is 0 Å². The molecule has 4 atom stereocenters. The molecule has 0 amide bonds. The lowest BCUT2D eigenvalue weighted by molar-refractivity contribution is -0.0414. The van der Waals surface area contributed by atoms with Crippen LogP contribution >= 0.6 is 0 Å². The zero-order valence-corrected chi connectivity index (χ0v) is 10.3. The van der Waals surface area contributed by atoms with Gasteiger partial charge in [0.1, 0.15) is 0 Å². The van der Waals surface area contributed by atoms with E-state index in [1.54, 1.807) is 7.11 Å². The van der Waals surface area contributed by atoms with Crippen molar-refractivity contribution < 1.29 is 19.7 Å². The van der Waals surface area contributed by atoms with Crippen molar-refractivity contribution in [2.75, 3.05) is 20.3 Å². The highest BCUT2D eigenvalue weighted by atomic mass is 16.5. The molecule has 0 radical (unpaired) electrons. The standard InChI is InChI=1S/C12H24O4/c1-9(7-15-2)16-8-11(13)6-10-4-3-5-12(10)14/h9-14H,3-8H2,1-2H3. The van der Waals surface area contributed by atoms with Crippen LogP contribution in [-0.4, -0.2) is 48.8 Å². The lowest BCUT2D eigenvalue weighted by atomic mass is 9.98. The fourth-order valence-corrected chi connectivity index (χ4v) is 2.27. The van der Waals surface area contributed by atoms with Gasteiger partial charge < -0.3 is 19.7 Å². The second-order valence-electron chi connectivity index (χ2n) is 4.75. The molecule has 1 aliphatic rings. The van der Waals surface area contributed by atoms with Gasteiger partial charge in [-0.05, 0) is 32.1 Å². The van der Waals surface area contributed by atoms with Gasteiger partial charge in [-0.3, -0.25) is 0 Å². The molecule has 1 saturated carbocycles. The average Bonchev–Trinajstić information content (AvgIpc) is 2.62. The Labute approximate surface area is 97.6 Å². The van der Waals surface area contributed by atoms with Crippen molar-refractivity contribution in [2.24, 2.45) is 5.92 Å². The second-order valence-corrected chi connectivity index (χ2v) is 4.75. The van der Waals surface area contributed by atoms with Gasteiger partial charge in [0.25, 0.3) is 0 Å². The third-order valence-electron chi connectivity index (χ3n) is 3.17. The summed E-state index contributed by atoms with van der Waals surface area (Å²) in [7, 11) is 1.63. The van der Waals surface area contributed by atoms with E-state index in [0.717, 1.165) is 19.3 Å². The average molecular weight is 232 g/mol. The Morgan fingerprint density at radius 2 is 2.06 bits per heavy atom. The number of methoxy groups -OCH3 is 1. The van der Waals surface area contributed by atoms with E-state index in [1.165, 1.54) is 0 Å². The van der Waals surface area contributed by atoms with Crippen molar-refractivity contribution in [3.05, 3.63) is 0 Å². The van der Waals surface area contributed by atoms with Gasteiger partial charge in [-0.1, -0.05) is 6.42 Å². The van der Waals surface area contributed by atoms with E-state index in [-0.39, 0.29) is 18.1 Å². The fourth-order valence-electron chi connectivity index (χ4n) is 2.27. The molecular weight excluding hydrogens is 208 g/mol. The zero-order chi connectivity index (χ0) is 12.0. The van der Waals surface area contributed by atoms with E-state index >= 15 is 0 Å². The number of hydrogen-bond acceptors (Lipinski definition) is 4. The van der Waals surface area contributed by atoms with E-state index in [4.69, 9.17) is 9.47 Å². The van der Waals surface area contributed by atoms with Crippen LogP contribution in [0, 0.1) is 5.92 Å². The normalized spacial score (nSPS) is 29.2. The van der Waals surface area contributed by atoms with Gasteiger partial charge in [-0.25, -0.2) is 0 Å². The molecule has 0 aliphatic heterocycles. The molecule has 2 N–H and O–H groups in total. The Balaban J connectivity index is 2.12. The summed E-state index contributed by atoms with van der Waals surface area (Å²) in [5.41, 5.74) is 0. The Hall–Kier alpha value is -0.160. The summed E-state index contributed by atoms with van der Waals surface area (Å²) in [4.78, 5) is 0. The number of aliphatic hydroxyl groups is 2. The quantitative estimate of drug-likeness (QED) is 0.686. The first kappa shape index (κ1) is 13.9. The Bertz CT molecular complexity index is 186. The molecular formula is C12H24O4. The summed E-state index contributed by atoms with van der Waals surface area (Å²) < 4.78 is 10.4. The maximum Gasteiger partial charge on any atom is 0.0781 e. The van der Waals surface area contributed by atoms with Crippen molar-refractivity contribution in [3.63, 3.8) is 0 Å². The van der Waals surface area contributed by atoms with Crippen LogP contribution in [0.25, 0.3) is 0 Å². The summed E-state index contributed by atoms with van der Waals surface area (Å²) in [6, 6.07) is 0. The van der Waals surface area contributed by atoms with Crippen LogP contribution in [0.1, 0.15) is 32.6 Å². The third kappa shape index (κ3) is 4.78. The van der Waals surface area contributed by atoms with Crippen molar-refractivity contribution in [2.45, 2.75) is 50.9 Å². The fraction of sp³-hybridized carbons (Fsp3) is 1.00. The van der Waals surface area contributed by atoms with Gasteiger partial charge >= 0.3 is 0 Å². The zero-order valence-electron chi connectivity index (χ0n) is 10.3. The van der Waals surface area contributed by atoms with Gasteiger partial charge in [0.05, 0.1) is 31.5 Å². The molecule has 0 bridgehead atoms. The van der Waals surface area contributed by atoms with E-state index in [0.29, 0.717) is 19.6 Å². The molecule has 0 spiro atoms. The topological polar surface area (TPSA) is 58.9 Å². The number of aliphatic hydroxyl groups excluding tert-OH is 2. The van der Waals surface area contributed by atoms with Crippen molar-refractivity contribution in [3.8, 4) is 0 Å². The van der Waals surface area contributed by atoms with E-state index in [9.17, 15) is 10.2 Å². The molecule has 0 saturated heterocycles. The van der Waals surface area contributed by atoms with Crippen molar-refractivity contribution >= 4 is 0 Å². The van der Waals surface area contributed by atoms with Gasteiger partial charge in [0, 0.05) is 7.11 Å². The first-order valence-corrected chi connectivity index (χ1v) is 6.10. The summed E-state index contributed by atoms with van der Waals surface area (Å²) >= 11 is 0. The molecule has 1 rings (SSSR count). The highest BCUT2D eigenvalue weighted by Crippen LogP contribution is 2.29. The molecule has 16 heavy (non-hydrogen) atoms. The minimum absolute atomic E-state index is 0.00755. The summed E-state index contributed by atoms with van der Waals surface area (Å²) in [6.45, 7) is 2.78. The van der Waals surface area contributed by atoms with Crippen LogP contribution in [-0.2, 0) is 9.47 Å². The molecule has 1 fully saturated rings. The first-order chi connectivity index (χ1) is 7.63. The predicted octanol–water partition coefficient (Wildman–Crippen LogP) is 0.950. The highest BCUT2D eigenvalue weighted by molar-refractivity contribution is 4.78. The predicted molar refractivity (Wildman–Crippen MR) is 61.3 cm³/mol. The minimum Gasteiger partial charge on any atom is -0.393 e. The lowest BCUT2D eigenvalue weighted by Crippen LogP contribution is -2.26. The number of hydrogen-bond donors (Lipinski definition) is 2. The molecule has 1 aliphatic carbocycles. The monoisotopic (exact) mass is 232 g/mol. The van der Waals surface area contributed by atoms with Gasteiger partial charge in [0.15, 0.2) is 0 Å². The molecule has 0 aromatic rings. The Morgan fingerprint density at radius 3 is 2.62 bits per heavy atom. The smallest absolute Gasteiger partial charge is 0.0781 e. The summed E-state index contributed by atoms with van der Waals surface area (Å²) in [6.07, 6.45) is 2.90. The Kier molecular flexibility index (Phi) is 6.28. The molecule has 0 aromatic carbocycles. The molecule has 96 valence electrons.